The van der Waals surface area contributed by atoms with Gasteiger partial charge in [-0.25, -0.2) is 18.7 Å². The monoisotopic (exact) mass is 575 g/mol. The van der Waals surface area contributed by atoms with Gasteiger partial charge in [-0.2, -0.15) is 13.2 Å². The fourth-order valence-electron chi connectivity index (χ4n) is 4.20. The normalized spacial score (nSPS) is 20.2. The molecule has 214 valence electrons. The Kier molecular flexibility index (Phi) is 7.43. The molecule has 3 N–H and O–H groups in total. The van der Waals surface area contributed by atoms with Crippen LogP contribution in [-0.2, 0) is 6.18 Å². The molecule has 2 fully saturated rings. The van der Waals surface area contributed by atoms with Crippen molar-refractivity contribution in [2.24, 2.45) is 5.41 Å². The molecule has 0 aromatic carbocycles. The Morgan fingerprint density at radius 2 is 1.92 bits per heavy atom. The van der Waals surface area contributed by atoms with Crippen LogP contribution in [0.5, 0.6) is 0 Å². The summed E-state index contributed by atoms with van der Waals surface area (Å²) >= 11 is 0.523. The first-order valence-corrected chi connectivity index (χ1v) is 13.2. The highest BCUT2D eigenvalue weighted by Gasteiger charge is 2.47. The average Bonchev–Trinajstić information content (AvgIpc) is 3.27. The lowest BCUT2D eigenvalue weighted by Crippen LogP contribution is -2.38. The van der Waals surface area contributed by atoms with Crippen LogP contribution >= 0.6 is 11.3 Å². The highest BCUT2D eigenvalue weighted by molar-refractivity contribution is 7.17. The number of hydrogen-bond acceptors (Lipinski definition) is 7. The minimum Gasteiger partial charge on any atom is -0.389 e. The number of thiazole rings is 1. The quantitative estimate of drug-likeness (QED) is 0.390. The first-order valence-electron chi connectivity index (χ1n) is 12.4. The Balaban J connectivity index is 1.77. The molecule has 1 saturated heterocycles. The molecule has 0 spiro atoms. The van der Waals surface area contributed by atoms with Gasteiger partial charge in [0.1, 0.15) is 11.5 Å². The van der Waals surface area contributed by atoms with Crippen molar-refractivity contribution in [1.29, 1.82) is 0 Å². The number of nitrogens with zero attached hydrogens (tertiary/aromatic N) is 3. The van der Waals surface area contributed by atoms with Crippen molar-refractivity contribution in [3.8, 4) is 10.4 Å². The van der Waals surface area contributed by atoms with Crippen LogP contribution in [0.4, 0.5) is 27.8 Å². The van der Waals surface area contributed by atoms with E-state index in [-0.39, 0.29) is 27.7 Å². The molecule has 1 saturated carbocycles. The summed E-state index contributed by atoms with van der Waals surface area (Å²) in [5.74, 6) is -5.01. The number of carbonyl (C=O) groups is 2. The Labute approximate surface area is 226 Å². The second kappa shape index (κ2) is 9.95. The fourth-order valence-corrected chi connectivity index (χ4v) is 5.20. The fraction of sp³-hybridized carbons (Fsp3) is 0.600. The number of amides is 2. The van der Waals surface area contributed by atoms with Gasteiger partial charge in [-0.15, -0.1) is 11.3 Å². The maximum Gasteiger partial charge on any atom is 0.417 e. The van der Waals surface area contributed by atoms with Crippen molar-refractivity contribution < 1.29 is 36.6 Å². The van der Waals surface area contributed by atoms with Crippen molar-refractivity contribution in [3.05, 3.63) is 28.5 Å². The van der Waals surface area contributed by atoms with Gasteiger partial charge in [-0.05, 0) is 45.1 Å². The standard InChI is InChI=1S/C25H30F5N5O3S/c1-13-8-24(26,27)12-35(13)21(37)17-18(39-20(34-17)19(36)33-10-22(2,3)38)14-9-31-16(7-15(14)25(28,29)30)32-11-23(4)5-6-23/h7,9,13,38H,5-6,8,10-12H2,1-4H3,(H,31,32)(H,33,36). The highest BCUT2D eigenvalue weighted by atomic mass is 32.1. The summed E-state index contributed by atoms with van der Waals surface area (Å²) in [4.78, 5) is 34.8. The molecule has 2 amide bonds. The highest BCUT2D eigenvalue weighted by Crippen LogP contribution is 2.46. The third-order valence-electron chi connectivity index (χ3n) is 6.75. The van der Waals surface area contributed by atoms with Crippen molar-refractivity contribution in [2.75, 3.05) is 25.0 Å². The molecule has 0 radical (unpaired) electrons. The second-order valence-corrected chi connectivity index (χ2v) is 12.3. The molecule has 1 unspecified atom stereocenters. The van der Waals surface area contributed by atoms with Gasteiger partial charge in [-0.1, -0.05) is 6.92 Å². The zero-order chi connectivity index (χ0) is 29.0. The Hall–Kier alpha value is -2.87. The van der Waals surface area contributed by atoms with Crippen LogP contribution in [0.1, 0.15) is 72.8 Å². The van der Waals surface area contributed by atoms with Gasteiger partial charge in [0.05, 0.1) is 22.6 Å². The molecule has 2 aromatic rings. The number of likely N-dealkylation sites (tertiary alicyclic amines) is 1. The second-order valence-electron chi connectivity index (χ2n) is 11.3. The van der Waals surface area contributed by atoms with Crippen LogP contribution < -0.4 is 10.6 Å². The predicted octanol–water partition coefficient (Wildman–Crippen LogP) is 4.81. The molecule has 0 bridgehead atoms. The van der Waals surface area contributed by atoms with Crippen LogP contribution in [0.25, 0.3) is 10.4 Å². The Morgan fingerprint density at radius 3 is 2.46 bits per heavy atom. The molecule has 2 aromatic heterocycles. The van der Waals surface area contributed by atoms with E-state index >= 15 is 0 Å². The lowest BCUT2D eigenvalue weighted by molar-refractivity contribution is -0.137. The largest absolute Gasteiger partial charge is 0.417 e. The van der Waals surface area contributed by atoms with E-state index in [2.05, 4.69) is 20.6 Å². The van der Waals surface area contributed by atoms with Crippen LogP contribution in [-0.4, -0.2) is 69.0 Å². The zero-order valence-electron chi connectivity index (χ0n) is 21.9. The molecular formula is C25H30F5N5O3S. The minimum absolute atomic E-state index is 0.00408. The molecule has 1 aliphatic carbocycles. The van der Waals surface area contributed by atoms with Crippen LogP contribution in [0.15, 0.2) is 12.3 Å². The number of nitrogens with one attached hydrogen (secondary N) is 2. The van der Waals surface area contributed by atoms with E-state index < -0.39 is 65.3 Å². The predicted molar refractivity (Wildman–Crippen MR) is 135 cm³/mol. The molecular weight excluding hydrogens is 545 g/mol. The van der Waals surface area contributed by atoms with Crippen molar-refractivity contribution in [2.45, 2.75) is 70.7 Å². The minimum atomic E-state index is -4.86. The average molecular weight is 576 g/mol. The van der Waals surface area contributed by atoms with E-state index in [9.17, 15) is 36.6 Å². The number of rotatable bonds is 8. The molecule has 1 aliphatic heterocycles. The van der Waals surface area contributed by atoms with Crippen LogP contribution in [0.3, 0.4) is 0 Å². The van der Waals surface area contributed by atoms with Gasteiger partial charge in [0.2, 0.25) is 0 Å². The van der Waals surface area contributed by atoms with Gasteiger partial charge in [0, 0.05) is 37.3 Å². The number of alkyl halides is 5. The first kappa shape index (κ1) is 29.1. The number of hydrogen-bond donors (Lipinski definition) is 3. The molecule has 14 heteroatoms. The number of halogens is 5. The summed E-state index contributed by atoms with van der Waals surface area (Å²) in [5, 5.41) is 14.9. The van der Waals surface area contributed by atoms with E-state index in [1.54, 1.807) is 0 Å². The summed E-state index contributed by atoms with van der Waals surface area (Å²) in [7, 11) is 0. The van der Waals surface area contributed by atoms with E-state index in [1.165, 1.54) is 20.8 Å². The van der Waals surface area contributed by atoms with Crippen LogP contribution in [0.2, 0.25) is 0 Å². The number of carbonyl (C=O) groups excluding carboxylic acids is 2. The van der Waals surface area contributed by atoms with Crippen molar-refractivity contribution >= 4 is 29.0 Å². The molecule has 2 aliphatic rings. The summed E-state index contributed by atoms with van der Waals surface area (Å²) < 4.78 is 70.8. The van der Waals surface area contributed by atoms with Crippen molar-refractivity contribution in [3.63, 3.8) is 0 Å². The summed E-state index contributed by atoms with van der Waals surface area (Å²) in [6.45, 7) is 5.60. The van der Waals surface area contributed by atoms with E-state index in [1.807, 2.05) is 6.92 Å². The number of anilines is 1. The first-order chi connectivity index (χ1) is 17.9. The van der Waals surface area contributed by atoms with Gasteiger partial charge < -0.3 is 20.6 Å². The summed E-state index contributed by atoms with van der Waals surface area (Å²) in [6, 6.07) is -0.0690. The lowest BCUT2D eigenvalue weighted by atomic mass is 10.1. The topological polar surface area (TPSA) is 107 Å². The van der Waals surface area contributed by atoms with E-state index in [0.717, 1.165) is 30.0 Å². The maximum absolute atomic E-state index is 14.2. The van der Waals surface area contributed by atoms with E-state index in [4.69, 9.17) is 0 Å². The zero-order valence-corrected chi connectivity index (χ0v) is 22.7. The molecule has 1 atom stereocenters. The maximum atomic E-state index is 14.2. The number of pyridine rings is 1. The molecule has 39 heavy (non-hydrogen) atoms. The third kappa shape index (κ3) is 6.83. The molecule has 8 nitrogen and oxygen atoms in total. The molecule has 4 rings (SSSR count). The lowest BCUT2D eigenvalue weighted by Gasteiger charge is -2.21. The van der Waals surface area contributed by atoms with Crippen molar-refractivity contribution in [1.82, 2.24) is 20.2 Å². The number of aromatic nitrogens is 2. The SMILES string of the molecule is CC1CC(F)(F)CN1C(=O)c1nc(C(=O)NCC(C)(C)O)sc1-c1cnc(NCC2(C)CC2)cc1C(F)(F)F. The summed E-state index contributed by atoms with van der Waals surface area (Å²) in [6.07, 6.45) is -2.62. The van der Waals surface area contributed by atoms with Gasteiger partial charge in [0.25, 0.3) is 17.7 Å². The van der Waals surface area contributed by atoms with Gasteiger partial charge in [-0.3, -0.25) is 9.59 Å². The summed E-state index contributed by atoms with van der Waals surface area (Å²) in [5.41, 5.74) is -3.45. The van der Waals surface area contributed by atoms with Gasteiger partial charge in [0.15, 0.2) is 5.01 Å². The molecule has 3 heterocycles. The van der Waals surface area contributed by atoms with E-state index in [0.29, 0.717) is 17.9 Å². The van der Waals surface area contributed by atoms with Crippen LogP contribution in [0, 0.1) is 5.41 Å². The number of aliphatic hydroxyl groups is 1. The Bertz CT molecular complexity index is 1270. The Morgan fingerprint density at radius 1 is 1.26 bits per heavy atom. The van der Waals surface area contributed by atoms with Gasteiger partial charge >= 0.3 is 6.18 Å². The smallest absolute Gasteiger partial charge is 0.389 e. The third-order valence-corrected chi connectivity index (χ3v) is 7.84.